The first-order chi connectivity index (χ1) is 7.65. The van der Waals surface area contributed by atoms with Crippen molar-refractivity contribution in [1.29, 1.82) is 0 Å². The molecule has 2 rings (SSSR count). The van der Waals surface area contributed by atoms with Crippen LogP contribution in [0.4, 0.5) is 0 Å². The third-order valence-corrected chi connectivity index (χ3v) is 2.70. The normalized spacial score (nSPS) is 10.4. The summed E-state index contributed by atoms with van der Waals surface area (Å²) in [7, 11) is 1.42. The predicted octanol–water partition coefficient (Wildman–Crippen LogP) is 3.20. The molecule has 0 unspecified atom stereocenters. The molecule has 0 saturated carbocycles. The Morgan fingerprint density at radius 1 is 1.31 bits per heavy atom. The summed E-state index contributed by atoms with van der Waals surface area (Å²) in [6.45, 7) is 0. The maximum atomic E-state index is 11.2. The van der Waals surface area contributed by atoms with Gasteiger partial charge >= 0.3 is 5.97 Å². The molecular weight excluding hydrogens is 228 g/mol. The van der Waals surface area contributed by atoms with Crippen LogP contribution in [0.2, 0.25) is 5.02 Å². The van der Waals surface area contributed by atoms with Crippen molar-refractivity contribution < 1.29 is 14.6 Å². The molecular formula is C12H9ClO3. The zero-order chi connectivity index (χ0) is 11.7. The second-order valence-electron chi connectivity index (χ2n) is 3.29. The minimum absolute atomic E-state index is 0.141. The number of aromatic carboxylic acids is 1. The lowest BCUT2D eigenvalue weighted by atomic mass is 10.0. The van der Waals surface area contributed by atoms with Crippen molar-refractivity contribution in [3.05, 3.63) is 40.9 Å². The van der Waals surface area contributed by atoms with E-state index in [-0.39, 0.29) is 11.3 Å². The van der Waals surface area contributed by atoms with Gasteiger partial charge in [-0.1, -0.05) is 35.9 Å². The van der Waals surface area contributed by atoms with Crippen molar-refractivity contribution >= 4 is 28.3 Å². The topological polar surface area (TPSA) is 46.5 Å². The smallest absolute Gasteiger partial charge is 0.340 e. The Hall–Kier alpha value is -1.74. The van der Waals surface area contributed by atoms with Gasteiger partial charge in [0.05, 0.1) is 12.1 Å². The third-order valence-electron chi connectivity index (χ3n) is 2.39. The van der Waals surface area contributed by atoms with Gasteiger partial charge in [-0.3, -0.25) is 0 Å². The van der Waals surface area contributed by atoms with E-state index in [0.717, 1.165) is 0 Å². The molecule has 82 valence electrons. The van der Waals surface area contributed by atoms with Crippen molar-refractivity contribution in [2.75, 3.05) is 7.11 Å². The number of methoxy groups -OCH3 is 1. The molecule has 0 radical (unpaired) electrons. The third kappa shape index (κ3) is 1.59. The Labute approximate surface area is 97.2 Å². The van der Waals surface area contributed by atoms with E-state index in [1.807, 2.05) is 6.07 Å². The average molecular weight is 237 g/mol. The summed E-state index contributed by atoms with van der Waals surface area (Å²) in [4.78, 5) is 11.2. The van der Waals surface area contributed by atoms with Crippen molar-refractivity contribution in [3.8, 4) is 5.75 Å². The first-order valence-electron chi connectivity index (χ1n) is 4.63. The molecule has 0 spiro atoms. The fourth-order valence-corrected chi connectivity index (χ4v) is 1.95. The van der Waals surface area contributed by atoms with E-state index in [0.29, 0.717) is 15.8 Å². The lowest BCUT2D eigenvalue weighted by molar-refractivity contribution is 0.0695. The summed E-state index contributed by atoms with van der Waals surface area (Å²) >= 11 is 6.04. The Bertz CT molecular complexity index is 563. The van der Waals surface area contributed by atoms with Gasteiger partial charge in [-0.05, 0) is 0 Å². The van der Waals surface area contributed by atoms with Gasteiger partial charge in [-0.15, -0.1) is 0 Å². The van der Waals surface area contributed by atoms with Gasteiger partial charge in [0.2, 0.25) is 0 Å². The van der Waals surface area contributed by atoms with Gasteiger partial charge in [0, 0.05) is 16.8 Å². The molecule has 16 heavy (non-hydrogen) atoms. The van der Waals surface area contributed by atoms with E-state index in [4.69, 9.17) is 21.4 Å². The summed E-state index contributed by atoms with van der Waals surface area (Å²) < 4.78 is 5.03. The molecule has 0 amide bonds. The summed E-state index contributed by atoms with van der Waals surface area (Å²) in [6, 6.07) is 8.60. The molecule has 0 atom stereocenters. The van der Waals surface area contributed by atoms with E-state index >= 15 is 0 Å². The van der Waals surface area contributed by atoms with Gasteiger partial charge in [0.1, 0.15) is 11.3 Å². The number of ether oxygens (including phenoxy) is 1. The highest BCUT2D eigenvalue weighted by molar-refractivity contribution is 6.36. The highest BCUT2D eigenvalue weighted by Crippen LogP contribution is 2.33. The fourth-order valence-electron chi connectivity index (χ4n) is 1.69. The second kappa shape index (κ2) is 4.02. The standard InChI is InChI=1S/C12H9ClO3/c1-16-10-6-9(13)7-4-2-3-5-8(7)11(10)12(14)15/h2-6H,1H3,(H,14,15). The largest absolute Gasteiger partial charge is 0.496 e. The number of hydrogen-bond acceptors (Lipinski definition) is 2. The van der Waals surface area contributed by atoms with Crippen molar-refractivity contribution in [2.24, 2.45) is 0 Å². The molecule has 0 saturated heterocycles. The van der Waals surface area contributed by atoms with Crippen LogP contribution in [0.1, 0.15) is 10.4 Å². The van der Waals surface area contributed by atoms with Gasteiger partial charge < -0.3 is 9.84 Å². The highest BCUT2D eigenvalue weighted by atomic mass is 35.5. The van der Waals surface area contributed by atoms with Crippen LogP contribution in [0.5, 0.6) is 5.75 Å². The molecule has 3 nitrogen and oxygen atoms in total. The number of rotatable bonds is 2. The summed E-state index contributed by atoms with van der Waals surface area (Å²) in [6.07, 6.45) is 0. The maximum absolute atomic E-state index is 11.2. The maximum Gasteiger partial charge on any atom is 0.340 e. The number of carboxylic acid groups (broad SMARTS) is 1. The van der Waals surface area contributed by atoms with Crippen LogP contribution in [0.15, 0.2) is 30.3 Å². The Balaban J connectivity index is 2.92. The molecule has 0 aliphatic carbocycles. The minimum Gasteiger partial charge on any atom is -0.496 e. The van der Waals surface area contributed by atoms with Crippen LogP contribution in [0, 0.1) is 0 Å². The molecule has 0 bridgehead atoms. The van der Waals surface area contributed by atoms with Gasteiger partial charge in [0.15, 0.2) is 0 Å². The quantitative estimate of drug-likeness (QED) is 0.871. The van der Waals surface area contributed by atoms with Crippen LogP contribution in [-0.2, 0) is 0 Å². The van der Waals surface area contributed by atoms with E-state index in [9.17, 15) is 4.79 Å². The highest BCUT2D eigenvalue weighted by Gasteiger charge is 2.17. The predicted molar refractivity (Wildman–Crippen MR) is 62.5 cm³/mol. The minimum atomic E-state index is -1.02. The van der Waals surface area contributed by atoms with Crippen LogP contribution >= 0.6 is 11.6 Å². The van der Waals surface area contributed by atoms with Crippen molar-refractivity contribution in [1.82, 2.24) is 0 Å². The number of carboxylic acids is 1. The van der Waals surface area contributed by atoms with E-state index < -0.39 is 5.97 Å². The van der Waals surface area contributed by atoms with Crippen molar-refractivity contribution in [2.45, 2.75) is 0 Å². The molecule has 0 aromatic heterocycles. The Kier molecular flexibility index (Phi) is 2.71. The first kappa shape index (κ1) is 10.8. The average Bonchev–Trinajstić information content (AvgIpc) is 2.28. The molecule has 2 aromatic carbocycles. The number of benzene rings is 2. The van der Waals surface area contributed by atoms with E-state index in [2.05, 4.69) is 0 Å². The molecule has 2 aromatic rings. The zero-order valence-corrected chi connectivity index (χ0v) is 9.28. The number of halogens is 1. The SMILES string of the molecule is COc1cc(Cl)c2ccccc2c1C(=O)O. The lowest BCUT2D eigenvalue weighted by Gasteiger charge is -2.09. The van der Waals surface area contributed by atoms with Crippen LogP contribution < -0.4 is 4.74 Å². The van der Waals surface area contributed by atoms with Crippen LogP contribution in [0.3, 0.4) is 0 Å². The number of carbonyl (C=O) groups is 1. The van der Waals surface area contributed by atoms with Crippen LogP contribution in [0.25, 0.3) is 10.8 Å². The lowest BCUT2D eigenvalue weighted by Crippen LogP contribution is -2.01. The van der Waals surface area contributed by atoms with Crippen LogP contribution in [-0.4, -0.2) is 18.2 Å². The molecule has 0 aliphatic rings. The Morgan fingerprint density at radius 3 is 2.50 bits per heavy atom. The summed E-state index contributed by atoms with van der Waals surface area (Å²) in [5.74, 6) is -0.749. The number of fused-ring (bicyclic) bond motifs is 1. The second-order valence-corrected chi connectivity index (χ2v) is 3.69. The monoisotopic (exact) mass is 236 g/mol. The van der Waals surface area contributed by atoms with E-state index in [1.165, 1.54) is 13.2 Å². The molecule has 0 heterocycles. The molecule has 0 fully saturated rings. The fraction of sp³-hybridized carbons (Fsp3) is 0.0833. The van der Waals surface area contributed by atoms with Gasteiger partial charge in [-0.2, -0.15) is 0 Å². The zero-order valence-electron chi connectivity index (χ0n) is 8.53. The molecule has 0 aliphatic heterocycles. The van der Waals surface area contributed by atoms with Crippen molar-refractivity contribution in [3.63, 3.8) is 0 Å². The van der Waals surface area contributed by atoms with Gasteiger partial charge in [0.25, 0.3) is 0 Å². The van der Waals surface area contributed by atoms with Gasteiger partial charge in [-0.25, -0.2) is 4.79 Å². The summed E-state index contributed by atoms with van der Waals surface area (Å²) in [5, 5.41) is 10.9. The molecule has 4 heteroatoms. The van der Waals surface area contributed by atoms with E-state index in [1.54, 1.807) is 18.2 Å². The first-order valence-corrected chi connectivity index (χ1v) is 5.01. The summed E-state index contributed by atoms with van der Waals surface area (Å²) in [5.41, 5.74) is 0.141. The molecule has 1 N–H and O–H groups in total. The Morgan fingerprint density at radius 2 is 1.94 bits per heavy atom. The number of hydrogen-bond donors (Lipinski definition) is 1.